The molecular weight excluding hydrogens is 172 g/mol. The lowest BCUT2D eigenvalue weighted by molar-refractivity contribution is 0.0239. The summed E-state index contributed by atoms with van der Waals surface area (Å²) in [6, 6.07) is 0. The number of hydrogen-bond acceptors (Lipinski definition) is 4. The molecule has 1 fully saturated rings. The van der Waals surface area contributed by atoms with E-state index in [4.69, 9.17) is 4.74 Å². The number of ether oxygens (including phenoxy) is 2. The van der Waals surface area contributed by atoms with E-state index in [-0.39, 0.29) is 12.2 Å². The van der Waals surface area contributed by atoms with Gasteiger partial charge in [-0.25, -0.2) is 4.79 Å². The van der Waals surface area contributed by atoms with E-state index in [1.54, 1.807) is 0 Å². The van der Waals surface area contributed by atoms with Crippen molar-refractivity contribution in [2.45, 2.75) is 12.5 Å². The maximum absolute atomic E-state index is 10.7. The van der Waals surface area contributed by atoms with Crippen LogP contribution in [0.15, 0.2) is 0 Å². The van der Waals surface area contributed by atoms with Crippen LogP contribution in [0.25, 0.3) is 0 Å². The second-order valence-corrected chi connectivity index (χ2v) is 2.90. The Hall–Kier alpha value is -0.810. The number of amides is 1. The van der Waals surface area contributed by atoms with Crippen molar-refractivity contribution in [2.24, 2.45) is 0 Å². The summed E-state index contributed by atoms with van der Waals surface area (Å²) in [6.45, 7) is 3.13. The fourth-order valence-electron chi connectivity index (χ4n) is 1.21. The van der Waals surface area contributed by atoms with Gasteiger partial charge in [-0.1, -0.05) is 0 Å². The summed E-state index contributed by atoms with van der Waals surface area (Å²) in [5.74, 6) is 0. The Morgan fingerprint density at radius 1 is 1.77 bits per heavy atom. The third kappa shape index (κ3) is 4.10. The number of carbonyl (C=O) groups is 1. The molecule has 1 aliphatic rings. The van der Waals surface area contributed by atoms with Gasteiger partial charge in [0.15, 0.2) is 0 Å². The van der Waals surface area contributed by atoms with Crippen molar-refractivity contribution in [2.75, 3.05) is 33.4 Å². The molecule has 0 aromatic heterocycles. The number of alkyl carbamates (subject to hydrolysis) is 1. The molecule has 0 aromatic carbocycles. The molecule has 0 spiro atoms. The van der Waals surface area contributed by atoms with Gasteiger partial charge < -0.3 is 20.1 Å². The number of methoxy groups -OCH3 is 1. The van der Waals surface area contributed by atoms with Crippen LogP contribution in [-0.2, 0) is 9.47 Å². The first-order chi connectivity index (χ1) is 6.33. The predicted molar refractivity (Wildman–Crippen MR) is 47.6 cm³/mol. The number of hydrogen-bond donors (Lipinski definition) is 2. The van der Waals surface area contributed by atoms with Crippen LogP contribution < -0.4 is 10.6 Å². The number of rotatable bonds is 3. The Kier molecular flexibility index (Phi) is 4.56. The standard InChI is InChI=1S/C8H16N2O3/c1-12-8(11)10-3-2-7-6-9-4-5-13-7/h7,9H,2-6H2,1H3,(H,10,11). The van der Waals surface area contributed by atoms with E-state index in [1.807, 2.05) is 0 Å². The summed E-state index contributed by atoms with van der Waals surface area (Å²) in [6.07, 6.45) is 0.650. The van der Waals surface area contributed by atoms with Crippen molar-refractivity contribution < 1.29 is 14.3 Å². The lowest BCUT2D eigenvalue weighted by atomic mass is 10.2. The summed E-state index contributed by atoms with van der Waals surface area (Å²) >= 11 is 0. The van der Waals surface area contributed by atoms with E-state index in [9.17, 15) is 4.79 Å². The van der Waals surface area contributed by atoms with Crippen LogP contribution in [0, 0.1) is 0 Å². The zero-order chi connectivity index (χ0) is 9.52. The molecular formula is C8H16N2O3. The van der Waals surface area contributed by atoms with E-state index in [2.05, 4.69) is 15.4 Å². The van der Waals surface area contributed by atoms with E-state index < -0.39 is 0 Å². The highest BCUT2D eigenvalue weighted by Crippen LogP contribution is 1.99. The van der Waals surface area contributed by atoms with Crippen LogP contribution in [-0.4, -0.2) is 45.5 Å². The van der Waals surface area contributed by atoms with Gasteiger partial charge in [0.2, 0.25) is 0 Å². The molecule has 1 unspecified atom stereocenters. The fourth-order valence-corrected chi connectivity index (χ4v) is 1.21. The molecule has 0 aromatic rings. The third-order valence-corrected chi connectivity index (χ3v) is 1.93. The lowest BCUT2D eigenvalue weighted by Crippen LogP contribution is -2.40. The Bertz CT molecular complexity index is 157. The van der Waals surface area contributed by atoms with Crippen LogP contribution >= 0.6 is 0 Å². The second kappa shape index (κ2) is 5.77. The van der Waals surface area contributed by atoms with E-state index in [0.29, 0.717) is 6.54 Å². The molecule has 0 bridgehead atoms. The Balaban J connectivity index is 2.01. The minimum atomic E-state index is -0.385. The Labute approximate surface area is 77.8 Å². The quantitative estimate of drug-likeness (QED) is 0.639. The summed E-state index contributed by atoms with van der Waals surface area (Å²) in [5.41, 5.74) is 0. The van der Waals surface area contributed by atoms with Gasteiger partial charge in [0.1, 0.15) is 0 Å². The van der Waals surface area contributed by atoms with Crippen molar-refractivity contribution in [3.05, 3.63) is 0 Å². The molecule has 0 aliphatic carbocycles. The third-order valence-electron chi connectivity index (χ3n) is 1.93. The maximum atomic E-state index is 10.7. The van der Waals surface area contributed by atoms with Gasteiger partial charge in [0.25, 0.3) is 0 Å². The summed E-state index contributed by atoms with van der Waals surface area (Å²) in [4.78, 5) is 10.7. The highest BCUT2D eigenvalue weighted by molar-refractivity contribution is 5.66. The van der Waals surface area contributed by atoms with Crippen molar-refractivity contribution >= 4 is 6.09 Å². The molecule has 5 heteroatoms. The molecule has 76 valence electrons. The van der Waals surface area contributed by atoms with Crippen LogP contribution in [0.4, 0.5) is 4.79 Å². The van der Waals surface area contributed by atoms with Crippen LogP contribution in [0.1, 0.15) is 6.42 Å². The summed E-state index contributed by atoms with van der Waals surface area (Å²) in [7, 11) is 1.36. The van der Waals surface area contributed by atoms with Gasteiger partial charge in [0.05, 0.1) is 19.8 Å². The molecule has 1 rings (SSSR count). The molecule has 2 N–H and O–H groups in total. The molecule has 1 heterocycles. The minimum Gasteiger partial charge on any atom is -0.453 e. The maximum Gasteiger partial charge on any atom is 0.406 e. The molecule has 0 saturated carbocycles. The zero-order valence-corrected chi connectivity index (χ0v) is 7.84. The van der Waals surface area contributed by atoms with Crippen molar-refractivity contribution in [3.8, 4) is 0 Å². The van der Waals surface area contributed by atoms with E-state index >= 15 is 0 Å². The normalized spacial score (nSPS) is 22.4. The first-order valence-corrected chi connectivity index (χ1v) is 4.47. The highest BCUT2D eigenvalue weighted by Gasteiger charge is 2.12. The average molecular weight is 188 g/mol. The Morgan fingerprint density at radius 3 is 3.23 bits per heavy atom. The average Bonchev–Trinajstić information content (AvgIpc) is 2.19. The van der Waals surface area contributed by atoms with Gasteiger partial charge in [0, 0.05) is 19.6 Å². The topological polar surface area (TPSA) is 59.6 Å². The zero-order valence-electron chi connectivity index (χ0n) is 7.84. The van der Waals surface area contributed by atoms with Crippen molar-refractivity contribution in [1.29, 1.82) is 0 Å². The number of morpholine rings is 1. The highest BCUT2D eigenvalue weighted by atomic mass is 16.5. The predicted octanol–water partition coefficient (Wildman–Crippen LogP) is -0.279. The molecule has 5 nitrogen and oxygen atoms in total. The fraction of sp³-hybridized carbons (Fsp3) is 0.875. The van der Waals surface area contributed by atoms with Gasteiger partial charge in [-0.2, -0.15) is 0 Å². The monoisotopic (exact) mass is 188 g/mol. The smallest absolute Gasteiger partial charge is 0.406 e. The second-order valence-electron chi connectivity index (χ2n) is 2.90. The van der Waals surface area contributed by atoms with E-state index in [0.717, 1.165) is 26.1 Å². The first kappa shape index (κ1) is 10.3. The summed E-state index contributed by atoms with van der Waals surface area (Å²) < 4.78 is 9.87. The van der Waals surface area contributed by atoms with Gasteiger partial charge in [-0.05, 0) is 6.42 Å². The lowest BCUT2D eigenvalue weighted by Gasteiger charge is -2.23. The van der Waals surface area contributed by atoms with Crippen molar-refractivity contribution in [3.63, 3.8) is 0 Å². The summed E-state index contributed by atoms with van der Waals surface area (Å²) in [5, 5.41) is 5.83. The SMILES string of the molecule is COC(=O)NCCC1CNCCO1. The molecule has 13 heavy (non-hydrogen) atoms. The minimum absolute atomic E-state index is 0.214. The molecule has 1 amide bonds. The van der Waals surface area contributed by atoms with Gasteiger partial charge in [-0.3, -0.25) is 0 Å². The molecule has 1 atom stereocenters. The molecule has 1 aliphatic heterocycles. The van der Waals surface area contributed by atoms with Crippen LogP contribution in [0.5, 0.6) is 0 Å². The molecule has 1 saturated heterocycles. The van der Waals surface area contributed by atoms with Gasteiger partial charge >= 0.3 is 6.09 Å². The molecule has 0 radical (unpaired) electrons. The van der Waals surface area contributed by atoms with Crippen molar-refractivity contribution in [1.82, 2.24) is 10.6 Å². The van der Waals surface area contributed by atoms with Crippen LogP contribution in [0.2, 0.25) is 0 Å². The number of carbonyl (C=O) groups excluding carboxylic acids is 1. The largest absolute Gasteiger partial charge is 0.453 e. The number of nitrogens with one attached hydrogen (secondary N) is 2. The Morgan fingerprint density at radius 2 is 2.62 bits per heavy atom. The first-order valence-electron chi connectivity index (χ1n) is 4.47. The van der Waals surface area contributed by atoms with E-state index in [1.165, 1.54) is 7.11 Å². The van der Waals surface area contributed by atoms with Crippen LogP contribution in [0.3, 0.4) is 0 Å². The van der Waals surface area contributed by atoms with Gasteiger partial charge in [-0.15, -0.1) is 0 Å².